The van der Waals surface area contributed by atoms with Crippen LogP contribution in [0.25, 0.3) is 10.9 Å². The first-order valence-corrected chi connectivity index (χ1v) is 12.2. The zero-order valence-electron chi connectivity index (χ0n) is 19.0. The van der Waals surface area contributed by atoms with E-state index in [-0.39, 0.29) is 18.4 Å². The first-order chi connectivity index (χ1) is 16.2. The van der Waals surface area contributed by atoms with Crippen LogP contribution in [0.5, 0.6) is 11.5 Å². The summed E-state index contributed by atoms with van der Waals surface area (Å²) in [5.74, 6) is 2.83. The molecule has 1 N–H and O–H groups in total. The number of rotatable bonds is 4. The highest BCUT2D eigenvalue weighted by molar-refractivity contribution is 5.83. The third kappa shape index (κ3) is 3.78. The second kappa shape index (κ2) is 8.44. The van der Waals surface area contributed by atoms with Crippen LogP contribution in [-0.4, -0.2) is 50.0 Å². The van der Waals surface area contributed by atoms with Gasteiger partial charge in [0.1, 0.15) is 6.04 Å². The van der Waals surface area contributed by atoms with E-state index in [1.807, 2.05) is 22.9 Å². The highest BCUT2D eigenvalue weighted by Crippen LogP contribution is 2.38. The predicted molar refractivity (Wildman–Crippen MR) is 122 cm³/mol. The van der Waals surface area contributed by atoms with Crippen molar-refractivity contribution in [1.82, 2.24) is 30.1 Å². The van der Waals surface area contributed by atoms with E-state index in [0.717, 1.165) is 55.5 Å². The van der Waals surface area contributed by atoms with Gasteiger partial charge in [-0.25, -0.2) is 4.68 Å². The van der Waals surface area contributed by atoms with Crippen LogP contribution >= 0.6 is 0 Å². The number of aromatic amines is 1. The second-order valence-electron chi connectivity index (χ2n) is 9.74. The van der Waals surface area contributed by atoms with E-state index in [1.165, 1.54) is 19.3 Å². The molecular formula is C24H30N6O3. The fraction of sp³-hybridized carbons (Fsp3) is 0.583. The lowest BCUT2D eigenvalue weighted by Gasteiger charge is -2.36. The summed E-state index contributed by atoms with van der Waals surface area (Å²) in [7, 11) is 0. The Balaban J connectivity index is 1.47. The molecule has 3 aromatic rings. The van der Waals surface area contributed by atoms with Crippen LogP contribution in [0.4, 0.5) is 0 Å². The van der Waals surface area contributed by atoms with Crippen LogP contribution in [0.3, 0.4) is 0 Å². The molecule has 1 aliphatic carbocycles. The average molecular weight is 451 g/mol. The minimum atomic E-state index is -0.284. The number of nitrogens with one attached hydrogen (secondary N) is 1. The molecule has 6 rings (SSSR count). The summed E-state index contributed by atoms with van der Waals surface area (Å²) in [6, 6.07) is 5.78. The monoisotopic (exact) mass is 450 g/mol. The molecule has 1 atom stereocenters. The average Bonchev–Trinajstić information content (AvgIpc) is 3.49. The zero-order valence-corrected chi connectivity index (χ0v) is 19.0. The minimum Gasteiger partial charge on any atom is -0.454 e. The van der Waals surface area contributed by atoms with Crippen molar-refractivity contribution in [3.8, 4) is 11.5 Å². The van der Waals surface area contributed by atoms with Crippen molar-refractivity contribution in [3.63, 3.8) is 0 Å². The lowest BCUT2D eigenvalue weighted by molar-refractivity contribution is 0.146. The van der Waals surface area contributed by atoms with E-state index < -0.39 is 0 Å². The summed E-state index contributed by atoms with van der Waals surface area (Å²) in [4.78, 5) is 18.9. The fourth-order valence-electron chi connectivity index (χ4n) is 5.57. The van der Waals surface area contributed by atoms with E-state index in [4.69, 9.17) is 9.47 Å². The Hall–Kier alpha value is -2.94. The van der Waals surface area contributed by atoms with Gasteiger partial charge in [0.05, 0.1) is 11.6 Å². The van der Waals surface area contributed by atoms with Gasteiger partial charge < -0.3 is 14.5 Å². The molecule has 3 aliphatic rings. The summed E-state index contributed by atoms with van der Waals surface area (Å²) in [5.41, 5.74) is 1.32. The fourth-order valence-corrected chi connectivity index (χ4v) is 5.57. The van der Waals surface area contributed by atoms with E-state index >= 15 is 0 Å². The third-order valence-electron chi connectivity index (χ3n) is 7.53. The van der Waals surface area contributed by atoms with Gasteiger partial charge in [-0.3, -0.25) is 9.69 Å². The maximum atomic E-state index is 13.4. The summed E-state index contributed by atoms with van der Waals surface area (Å²) >= 11 is 0. The molecule has 174 valence electrons. The van der Waals surface area contributed by atoms with E-state index in [9.17, 15) is 4.79 Å². The van der Waals surface area contributed by atoms with Crippen molar-refractivity contribution in [3.05, 3.63) is 39.9 Å². The van der Waals surface area contributed by atoms with Crippen molar-refractivity contribution in [2.75, 3.05) is 19.9 Å². The highest BCUT2D eigenvalue weighted by Gasteiger charge is 2.34. The Morgan fingerprint density at radius 3 is 2.58 bits per heavy atom. The zero-order chi connectivity index (χ0) is 22.4. The van der Waals surface area contributed by atoms with Crippen molar-refractivity contribution >= 4 is 10.9 Å². The molecule has 2 fully saturated rings. The quantitative estimate of drug-likeness (QED) is 0.649. The first-order valence-electron chi connectivity index (χ1n) is 12.2. The Morgan fingerprint density at radius 2 is 1.79 bits per heavy atom. The number of hydrogen-bond donors (Lipinski definition) is 1. The number of benzene rings is 1. The van der Waals surface area contributed by atoms with Crippen LogP contribution in [-0.2, 0) is 0 Å². The van der Waals surface area contributed by atoms with Crippen LogP contribution in [0.2, 0.25) is 0 Å². The summed E-state index contributed by atoms with van der Waals surface area (Å²) < 4.78 is 13.1. The molecule has 1 saturated carbocycles. The Bertz CT molecular complexity index is 1210. The molecule has 0 spiro atoms. The molecule has 0 radical (unpaired) electrons. The maximum absolute atomic E-state index is 13.4. The van der Waals surface area contributed by atoms with Crippen molar-refractivity contribution < 1.29 is 9.47 Å². The maximum Gasteiger partial charge on any atom is 0.253 e. The van der Waals surface area contributed by atoms with Crippen LogP contribution < -0.4 is 15.0 Å². The lowest BCUT2D eigenvalue weighted by Crippen LogP contribution is -2.40. The number of nitrogens with zero attached hydrogens (tertiary/aromatic N) is 5. The molecular weight excluding hydrogens is 420 g/mol. The van der Waals surface area contributed by atoms with Crippen LogP contribution in [0, 0.1) is 5.92 Å². The van der Waals surface area contributed by atoms with E-state index in [2.05, 4.69) is 32.3 Å². The van der Waals surface area contributed by atoms with Crippen molar-refractivity contribution in [2.45, 2.75) is 64.0 Å². The number of aromatic nitrogens is 5. The molecule has 2 aliphatic heterocycles. The van der Waals surface area contributed by atoms with Gasteiger partial charge in [0, 0.05) is 17.0 Å². The molecule has 0 unspecified atom stereocenters. The molecule has 1 saturated heterocycles. The molecule has 9 heteroatoms. The van der Waals surface area contributed by atoms with Gasteiger partial charge in [0.2, 0.25) is 6.79 Å². The third-order valence-corrected chi connectivity index (χ3v) is 7.53. The Labute approximate surface area is 192 Å². The topological polar surface area (TPSA) is 98.2 Å². The normalized spacial score (nSPS) is 21.0. The molecule has 9 nitrogen and oxygen atoms in total. The predicted octanol–water partition coefficient (Wildman–Crippen LogP) is 3.57. The Morgan fingerprint density at radius 1 is 1.03 bits per heavy atom. The molecule has 1 aromatic carbocycles. The largest absolute Gasteiger partial charge is 0.454 e. The molecule has 2 aromatic heterocycles. The number of piperidine rings is 1. The van der Waals surface area contributed by atoms with Gasteiger partial charge >= 0.3 is 0 Å². The number of H-pyrrole nitrogens is 1. The molecule has 33 heavy (non-hydrogen) atoms. The first kappa shape index (κ1) is 20.7. The molecule has 0 amide bonds. The smallest absolute Gasteiger partial charge is 0.253 e. The minimum absolute atomic E-state index is 0.108. The van der Waals surface area contributed by atoms with E-state index in [1.54, 1.807) is 0 Å². The highest BCUT2D eigenvalue weighted by atomic mass is 16.7. The van der Waals surface area contributed by atoms with Gasteiger partial charge in [0.25, 0.3) is 5.56 Å². The summed E-state index contributed by atoms with van der Waals surface area (Å²) in [5, 5.41) is 13.9. The van der Waals surface area contributed by atoms with Crippen molar-refractivity contribution in [1.29, 1.82) is 0 Å². The Kier molecular flexibility index (Phi) is 5.28. The van der Waals surface area contributed by atoms with E-state index in [0.29, 0.717) is 29.0 Å². The lowest BCUT2D eigenvalue weighted by atomic mass is 9.93. The number of pyridine rings is 1. The number of ether oxygens (including phenoxy) is 2. The molecule has 0 bridgehead atoms. The SMILES string of the molecule is CC1CCN([C@H](c2cc3cc4c(cc3[nH]c2=O)OCO4)c2nnnn2C2CCCCC2)CC1. The van der Waals surface area contributed by atoms with Gasteiger partial charge in [-0.2, -0.15) is 0 Å². The number of tetrazole rings is 1. The standard InChI is InChI=1S/C24H30N6O3/c1-15-7-9-29(10-8-15)22(23-26-27-28-30(23)17-5-3-2-4-6-17)18-11-16-12-20-21(33-14-32-20)13-19(16)25-24(18)31/h11-13,15,17,22H,2-10,14H2,1H3,(H,25,31)/t22-/m1/s1. The second-order valence-corrected chi connectivity index (χ2v) is 9.74. The van der Waals surface area contributed by atoms with Gasteiger partial charge in [0.15, 0.2) is 17.3 Å². The van der Waals surface area contributed by atoms with Gasteiger partial charge in [-0.05, 0) is 67.3 Å². The van der Waals surface area contributed by atoms with Crippen LogP contribution in [0.15, 0.2) is 23.0 Å². The van der Waals surface area contributed by atoms with Crippen LogP contribution in [0.1, 0.15) is 75.3 Å². The van der Waals surface area contributed by atoms with Gasteiger partial charge in [-0.15, -0.1) is 5.10 Å². The van der Waals surface area contributed by atoms with Gasteiger partial charge in [-0.1, -0.05) is 26.2 Å². The number of likely N-dealkylation sites (tertiary alicyclic amines) is 1. The molecule has 4 heterocycles. The summed E-state index contributed by atoms with van der Waals surface area (Å²) in [6.45, 7) is 4.33. The van der Waals surface area contributed by atoms with Crippen molar-refractivity contribution in [2.24, 2.45) is 5.92 Å². The summed E-state index contributed by atoms with van der Waals surface area (Å²) in [6.07, 6.45) is 8.02. The number of hydrogen-bond acceptors (Lipinski definition) is 7. The number of fused-ring (bicyclic) bond motifs is 2.